The molecule has 0 spiro atoms. The number of amides is 1. The third kappa shape index (κ3) is 5.11. The fraction of sp³-hybridized carbons (Fsp3) is 0.783. The molecule has 2 saturated heterocycles. The first-order valence-electron chi connectivity index (χ1n) is 11.9. The van der Waals surface area contributed by atoms with Crippen LogP contribution in [0, 0.1) is 0 Å². The van der Waals surface area contributed by atoms with Crippen molar-refractivity contribution in [2.45, 2.75) is 76.9 Å². The van der Waals surface area contributed by atoms with Gasteiger partial charge < -0.3 is 9.64 Å². The highest BCUT2D eigenvalue weighted by Gasteiger charge is 2.31. The van der Waals surface area contributed by atoms with Gasteiger partial charge in [-0.15, -0.1) is 0 Å². The fourth-order valence-corrected chi connectivity index (χ4v) is 5.04. The maximum atomic E-state index is 12.9. The second-order valence-corrected chi connectivity index (χ2v) is 9.09. The highest BCUT2D eigenvalue weighted by atomic mass is 16.5. The Bertz CT molecular complexity index is 793. The quantitative estimate of drug-likeness (QED) is 0.711. The first-order chi connectivity index (χ1) is 14.6. The number of likely N-dealkylation sites (tertiary alicyclic amines) is 2. The minimum absolute atomic E-state index is 0.0770. The van der Waals surface area contributed by atoms with E-state index in [4.69, 9.17) is 9.72 Å². The average Bonchev–Trinajstić information content (AvgIpc) is 3.12. The van der Waals surface area contributed by atoms with Crippen LogP contribution < -0.4 is 5.56 Å². The van der Waals surface area contributed by atoms with Crippen LogP contribution in [0.25, 0.3) is 0 Å². The van der Waals surface area contributed by atoms with Gasteiger partial charge in [0, 0.05) is 51.2 Å². The Hall–Kier alpha value is -1.73. The minimum Gasteiger partial charge on any atom is -0.377 e. The first kappa shape index (κ1) is 21.5. The van der Waals surface area contributed by atoms with E-state index in [1.54, 1.807) is 6.07 Å². The number of ether oxygens (including phenoxy) is 1. The number of carbonyl (C=O) groups is 1. The second-order valence-electron chi connectivity index (χ2n) is 9.09. The van der Waals surface area contributed by atoms with Crippen molar-refractivity contribution >= 4 is 5.91 Å². The normalized spacial score (nSPS) is 25.2. The molecule has 4 heterocycles. The molecule has 4 rings (SSSR count). The lowest BCUT2D eigenvalue weighted by Crippen LogP contribution is -2.45. The molecule has 0 radical (unpaired) electrons. The lowest BCUT2D eigenvalue weighted by atomic mass is 10.0. The van der Waals surface area contributed by atoms with Gasteiger partial charge in [0.1, 0.15) is 5.82 Å². The van der Waals surface area contributed by atoms with Crippen molar-refractivity contribution in [1.29, 1.82) is 0 Å². The van der Waals surface area contributed by atoms with Gasteiger partial charge in [0.2, 0.25) is 5.91 Å². The lowest BCUT2D eigenvalue weighted by molar-refractivity contribution is -0.132. The van der Waals surface area contributed by atoms with Crippen LogP contribution in [0.3, 0.4) is 0 Å². The summed E-state index contributed by atoms with van der Waals surface area (Å²) in [6.07, 6.45) is 8.57. The summed E-state index contributed by atoms with van der Waals surface area (Å²) in [6, 6.07) is 1.72. The SMILES string of the molecule is CCCO[C@H]1CCCN(CC(=O)N2CC[C@@H](c3cc(=O)n4c(n3)CCCCC4)C2)C1. The first-order valence-corrected chi connectivity index (χ1v) is 11.9. The highest BCUT2D eigenvalue weighted by Crippen LogP contribution is 2.26. The Kier molecular flexibility index (Phi) is 7.20. The van der Waals surface area contributed by atoms with E-state index in [2.05, 4.69) is 11.8 Å². The van der Waals surface area contributed by atoms with E-state index in [-0.39, 0.29) is 23.5 Å². The van der Waals surface area contributed by atoms with Crippen molar-refractivity contribution in [2.75, 3.05) is 39.3 Å². The zero-order valence-electron chi connectivity index (χ0n) is 18.4. The largest absolute Gasteiger partial charge is 0.377 e. The van der Waals surface area contributed by atoms with E-state index in [1.807, 2.05) is 9.47 Å². The highest BCUT2D eigenvalue weighted by molar-refractivity contribution is 5.78. The zero-order valence-corrected chi connectivity index (χ0v) is 18.4. The second kappa shape index (κ2) is 10.1. The molecule has 166 valence electrons. The number of carbonyl (C=O) groups excluding carboxylic acids is 1. The molecule has 0 unspecified atom stereocenters. The lowest BCUT2D eigenvalue weighted by Gasteiger charge is -2.33. The van der Waals surface area contributed by atoms with E-state index >= 15 is 0 Å². The molecule has 1 aromatic heterocycles. The Balaban J connectivity index is 1.34. The van der Waals surface area contributed by atoms with Crippen LogP contribution in [0.2, 0.25) is 0 Å². The van der Waals surface area contributed by atoms with Crippen molar-refractivity contribution < 1.29 is 9.53 Å². The van der Waals surface area contributed by atoms with Gasteiger partial charge in [-0.3, -0.25) is 19.1 Å². The van der Waals surface area contributed by atoms with Gasteiger partial charge in [0.05, 0.1) is 18.3 Å². The van der Waals surface area contributed by atoms with Crippen LogP contribution in [0.15, 0.2) is 10.9 Å². The number of nitrogens with zero attached hydrogens (tertiary/aromatic N) is 4. The van der Waals surface area contributed by atoms with Crippen LogP contribution in [0.1, 0.15) is 69.3 Å². The molecule has 2 fully saturated rings. The van der Waals surface area contributed by atoms with Gasteiger partial charge in [-0.05, 0) is 45.1 Å². The van der Waals surface area contributed by atoms with Crippen molar-refractivity contribution in [3.8, 4) is 0 Å². The molecule has 2 atom stereocenters. The predicted molar refractivity (Wildman–Crippen MR) is 116 cm³/mol. The summed E-state index contributed by atoms with van der Waals surface area (Å²) in [5.41, 5.74) is 0.961. The molecule has 0 aromatic carbocycles. The summed E-state index contributed by atoms with van der Waals surface area (Å²) in [5, 5.41) is 0. The van der Waals surface area contributed by atoms with Crippen molar-refractivity contribution in [1.82, 2.24) is 19.4 Å². The zero-order chi connectivity index (χ0) is 20.9. The summed E-state index contributed by atoms with van der Waals surface area (Å²) >= 11 is 0. The minimum atomic E-state index is 0.0770. The molecule has 30 heavy (non-hydrogen) atoms. The summed E-state index contributed by atoms with van der Waals surface area (Å²) in [6.45, 7) is 7.44. The molecule has 1 aromatic rings. The van der Waals surface area contributed by atoms with Gasteiger partial charge in [0.25, 0.3) is 5.56 Å². The smallest absolute Gasteiger partial charge is 0.253 e. The molecule has 7 nitrogen and oxygen atoms in total. The van der Waals surface area contributed by atoms with E-state index in [0.29, 0.717) is 13.1 Å². The molecule has 1 amide bonds. The van der Waals surface area contributed by atoms with Crippen LogP contribution >= 0.6 is 0 Å². The molecule has 7 heteroatoms. The number of hydrogen-bond donors (Lipinski definition) is 0. The van der Waals surface area contributed by atoms with E-state index in [0.717, 1.165) is 95.7 Å². The molecular weight excluding hydrogens is 380 g/mol. The fourth-order valence-electron chi connectivity index (χ4n) is 5.04. The summed E-state index contributed by atoms with van der Waals surface area (Å²) in [7, 11) is 0. The average molecular weight is 417 g/mol. The van der Waals surface area contributed by atoms with Crippen LogP contribution in [0.4, 0.5) is 0 Å². The molecule has 3 aliphatic rings. The molecule has 0 saturated carbocycles. The number of aromatic nitrogens is 2. The van der Waals surface area contributed by atoms with E-state index in [1.165, 1.54) is 0 Å². The van der Waals surface area contributed by atoms with E-state index in [9.17, 15) is 9.59 Å². The Labute approximate surface area is 179 Å². The Morgan fingerprint density at radius 1 is 1.13 bits per heavy atom. The number of aryl methyl sites for hydroxylation is 1. The number of piperidine rings is 1. The topological polar surface area (TPSA) is 67.7 Å². The summed E-state index contributed by atoms with van der Waals surface area (Å²) in [4.78, 5) is 34.6. The molecule has 0 bridgehead atoms. The summed E-state index contributed by atoms with van der Waals surface area (Å²) in [5.74, 6) is 1.31. The number of fused-ring (bicyclic) bond motifs is 1. The molecule has 0 aliphatic carbocycles. The van der Waals surface area contributed by atoms with Crippen molar-refractivity contribution in [3.63, 3.8) is 0 Å². The van der Waals surface area contributed by atoms with Crippen molar-refractivity contribution in [3.05, 3.63) is 27.9 Å². The number of hydrogen-bond acceptors (Lipinski definition) is 5. The van der Waals surface area contributed by atoms with Crippen LogP contribution in [0.5, 0.6) is 0 Å². The monoisotopic (exact) mass is 416 g/mol. The summed E-state index contributed by atoms with van der Waals surface area (Å²) < 4.78 is 7.75. The van der Waals surface area contributed by atoms with Gasteiger partial charge in [-0.25, -0.2) is 4.98 Å². The number of rotatable bonds is 6. The van der Waals surface area contributed by atoms with Crippen LogP contribution in [-0.4, -0.2) is 70.7 Å². The van der Waals surface area contributed by atoms with E-state index < -0.39 is 0 Å². The maximum absolute atomic E-state index is 12.9. The molecule has 3 aliphatic heterocycles. The Morgan fingerprint density at radius 2 is 2.03 bits per heavy atom. The van der Waals surface area contributed by atoms with Gasteiger partial charge in [-0.1, -0.05) is 13.3 Å². The Morgan fingerprint density at radius 3 is 2.90 bits per heavy atom. The van der Waals surface area contributed by atoms with Gasteiger partial charge >= 0.3 is 0 Å². The van der Waals surface area contributed by atoms with Gasteiger partial charge in [-0.2, -0.15) is 0 Å². The predicted octanol–water partition coefficient (Wildman–Crippen LogP) is 2.18. The maximum Gasteiger partial charge on any atom is 0.253 e. The third-order valence-corrected chi connectivity index (χ3v) is 6.73. The van der Waals surface area contributed by atoms with Crippen LogP contribution in [-0.2, 0) is 22.5 Å². The third-order valence-electron chi connectivity index (χ3n) is 6.73. The molecular formula is C23H36N4O3. The standard InChI is InChI=1S/C23H36N4O3/c1-2-13-30-19-7-6-10-25(16-19)17-23(29)26-12-9-18(15-26)20-14-22(28)27-11-5-3-4-8-21(27)24-20/h14,18-19H,2-13,15-17H2,1H3/t18-,19+/m1/s1. The van der Waals surface area contributed by atoms with Crippen molar-refractivity contribution in [2.24, 2.45) is 0 Å². The van der Waals surface area contributed by atoms with Gasteiger partial charge in [0.15, 0.2) is 0 Å². The molecule has 0 N–H and O–H groups in total.